The van der Waals surface area contributed by atoms with Crippen LogP contribution in [0, 0.1) is 0 Å². The molecule has 2 heterocycles. The standard InChI is InChI=1S/C10H14N4O3/c1-3-7-4-8(17-13-7)5-16-14-9-6(2)11-12-10(9)15/h4,6,11H,3,5H2,1-2H3,(H,12,15). The van der Waals surface area contributed by atoms with Crippen LogP contribution in [-0.2, 0) is 22.7 Å². The van der Waals surface area contributed by atoms with Crippen molar-refractivity contribution in [3.05, 3.63) is 17.5 Å². The molecule has 1 fully saturated rings. The summed E-state index contributed by atoms with van der Waals surface area (Å²) in [6.45, 7) is 3.96. The summed E-state index contributed by atoms with van der Waals surface area (Å²) in [6, 6.07) is 1.64. The molecule has 0 bridgehead atoms. The minimum absolute atomic E-state index is 0.163. The summed E-state index contributed by atoms with van der Waals surface area (Å²) in [6.07, 6.45) is 0.807. The van der Waals surface area contributed by atoms with Gasteiger partial charge >= 0.3 is 0 Å². The molecule has 92 valence electrons. The third kappa shape index (κ3) is 2.62. The van der Waals surface area contributed by atoms with Gasteiger partial charge in [-0.15, -0.1) is 0 Å². The third-order valence-electron chi connectivity index (χ3n) is 2.38. The van der Waals surface area contributed by atoms with Gasteiger partial charge in [-0.2, -0.15) is 0 Å². The quantitative estimate of drug-likeness (QED) is 0.728. The summed E-state index contributed by atoms with van der Waals surface area (Å²) >= 11 is 0. The highest BCUT2D eigenvalue weighted by Crippen LogP contribution is 2.06. The third-order valence-corrected chi connectivity index (χ3v) is 2.38. The smallest absolute Gasteiger partial charge is 0.284 e. The highest BCUT2D eigenvalue weighted by molar-refractivity contribution is 6.42. The van der Waals surface area contributed by atoms with Crippen molar-refractivity contribution in [1.82, 2.24) is 16.0 Å². The van der Waals surface area contributed by atoms with E-state index in [9.17, 15) is 4.79 Å². The molecule has 0 aromatic carbocycles. The van der Waals surface area contributed by atoms with Crippen LogP contribution in [0.3, 0.4) is 0 Å². The molecule has 2 rings (SSSR count). The molecule has 0 radical (unpaired) electrons. The minimum Gasteiger partial charge on any atom is -0.387 e. The van der Waals surface area contributed by atoms with Gasteiger partial charge in [-0.1, -0.05) is 17.2 Å². The number of hydrogen-bond acceptors (Lipinski definition) is 6. The van der Waals surface area contributed by atoms with Crippen molar-refractivity contribution in [3.63, 3.8) is 0 Å². The van der Waals surface area contributed by atoms with Gasteiger partial charge in [0.1, 0.15) is 0 Å². The molecule has 7 nitrogen and oxygen atoms in total. The number of carbonyl (C=O) groups is 1. The largest absolute Gasteiger partial charge is 0.387 e. The van der Waals surface area contributed by atoms with Crippen LogP contribution in [0.2, 0.25) is 0 Å². The van der Waals surface area contributed by atoms with E-state index in [2.05, 4.69) is 21.2 Å². The molecular formula is C10H14N4O3. The lowest BCUT2D eigenvalue weighted by Gasteiger charge is -1.99. The van der Waals surface area contributed by atoms with E-state index in [1.807, 2.05) is 13.8 Å². The molecule has 0 spiro atoms. The summed E-state index contributed by atoms with van der Waals surface area (Å²) in [5.41, 5.74) is 6.37. The Kier molecular flexibility index (Phi) is 3.38. The van der Waals surface area contributed by atoms with Crippen LogP contribution < -0.4 is 10.9 Å². The van der Waals surface area contributed by atoms with E-state index in [-0.39, 0.29) is 18.6 Å². The number of nitrogens with zero attached hydrogens (tertiary/aromatic N) is 2. The summed E-state index contributed by atoms with van der Waals surface area (Å²) in [5, 5.41) is 7.59. The second-order valence-corrected chi connectivity index (χ2v) is 3.71. The Morgan fingerprint density at radius 1 is 1.65 bits per heavy atom. The molecule has 17 heavy (non-hydrogen) atoms. The molecule has 0 saturated carbocycles. The Morgan fingerprint density at radius 2 is 2.47 bits per heavy atom. The zero-order valence-corrected chi connectivity index (χ0v) is 9.69. The van der Waals surface area contributed by atoms with E-state index in [4.69, 9.17) is 9.36 Å². The molecule has 0 aliphatic carbocycles. The average Bonchev–Trinajstić information content (AvgIpc) is 2.90. The number of oxime groups is 1. The molecule has 2 N–H and O–H groups in total. The molecule has 7 heteroatoms. The highest BCUT2D eigenvalue weighted by Gasteiger charge is 2.26. The average molecular weight is 238 g/mol. The lowest BCUT2D eigenvalue weighted by molar-refractivity contribution is -0.114. The maximum absolute atomic E-state index is 11.3. The molecule has 1 amide bonds. The fraction of sp³-hybridized carbons (Fsp3) is 0.500. The Labute approximate surface area is 98.1 Å². The summed E-state index contributed by atoms with van der Waals surface area (Å²) in [7, 11) is 0. The number of rotatable bonds is 4. The first-order valence-electron chi connectivity index (χ1n) is 5.41. The fourth-order valence-corrected chi connectivity index (χ4v) is 1.38. The van der Waals surface area contributed by atoms with E-state index in [1.165, 1.54) is 0 Å². The SMILES string of the molecule is CCc1cc(CON=C2C(=O)NNC2C)on1. The van der Waals surface area contributed by atoms with Crippen molar-refractivity contribution >= 4 is 11.6 Å². The van der Waals surface area contributed by atoms with Gasteiger partial charge in [-0.3, -0.25) is 10.2 Å². The fourth-order valence-electron chi connectivity index (χ4n) is 1.38. The minimum atomic E-state index is -0.274. The summed E-state index contributed by atoms with van der Waals surface area (Å²) in [5.74, 6) is 0.314. The van der Waals surface area contributed by atoms with Gasteiger partial charge in [0.15, 0.2) is 18.1 Å². The Bertz CT molecular complexity index is 441. The van der Waals surface area contributed by atoms with Crippen molar-refractivity contribution in [3.8, 4) is 0 Å². The number of amides is 1. The van der Waals surface area contributed by atoms with Crippen molar-refractivity contribution in [1.29, 1.82) is 0 Å². The van der Waals surface area contributed by atoms with Crippen LogP contribution in [0.25, 0.3) is 0 Å². The first-order valence-corrected chi connectivity index (χ1v) is 5.41. The van der Waals surface area contributed by atoms with Crippen LogP contribution in [0.4, 0.5) is 0 Å². The summed E-state index contributed by atoms with van der Waals surface area (Å²) in [4.78, 5) is 16.3. The number of carbonyl (C=O) groups excluding carboxylic acids is 1. The first kappa shape index (κ1) is 11.6. The monoisotopic (exact) mass is 238 g/mol. The lowest BCUT2D eigenvalue weighted by Crippen LogP contribution is -2.29. The number of hydrazine groups is 1. The molecule has 1 unspecified atom stereocenters. The predicted octanol–water partition coefficient (Wildman–Crippen LogP) is 0.132. The van der Waals surface area contributed by atoms with Crippen molar-refractivity contribution in [2.45, 2.75) is 32.9 Å². The predicted molar refractivity (Wildman–Crippen MR) is 58.8 cm³/mol. The zero-order valence-electron chi connectivity index (χ0n) is 9.69. The van der Waals surface area contributed by atoms with Crippen molar-refractivity contribution in [2.24, 2.45) is 5.16 Å². The number of hydrogen-bond donors (Lipinski definition) is 2. The van der Waals surface area contributed by atoms with Crippen LogP contribution in [0.15, 0.2) is 15.7 Å². The van der Waals surface area contributed by atoms with Crippen molar-refractivity contribution in [2.75, 3.05) is 0 Å². The van der Waals surface area contributed by atoms with Crippen LogP contribution in [0.5, 0.6) is 0 Å². The Balaban J connectivity index is 1.90. The van der Waals surface area contributed by atoms with Crippen LogP contribution in [-0.4, -0.2) is 22.8 Å². The lowest BCUT2D eigenvalue weighted by atomic mass is 10.2. The van der Waals surface area contributed by atoms with Gasteiger partial charge in [0.2, 0.25) is 0 Å². The topological polar surface area (TPSA) is 88.8 Å². The van der Waals surface area contributed by atoms with Gasteiger partial charge in [0.25, 0.3) is 5.91 Å². The summed E-state index contributed by atoms with van der Waals surface area (Å²) < 4.78 is 5.01. The van der Waals surface area contributed by atoms with Crippen LogP contribution in [0.1, 0.15) is 25.3 Å². The normalized spacial score (nSPS) is 21.9. The Hall–Kier alpha value is -1.89. The van der Waals surface area contributed by atoms with Gasteiger partial charge in [0.05, 0.1) is 11.7 Å². The second-order valence-electron chi connectivity index (χ2n) is 3.71. The molecule has 1 aliphatic rings. The van der Waals surface area contributed by atoms with E-state index >= 15 is 0 Å². The maximum atomic E-state index is 11.3. The maximum Gasteiger partial charge on any atom is 0.284 e. The van der Waals surface area contributed by atoms with Crippen molar-refractivity contribution < 1.29 is 14.2 Å². The molecule has 1 aromatic heterocycles. The van der Waals surface area contributed by atoms with Gasteiger partial charge < -0.3 is 9.36 Å². The first-order chi connectivity index (χ1) is 8.20. The van der Waals surface area contributed by atoms with E-state index in [0.717, 1.165) is 12.1 Å². The van der Waals surface area contributed by atoms with E-state index in [1.54, 1.807) is 6.07 Å². The van der Waals surface area contributed by atoms with Gasteiger partial charge in [0, 0.05) is 6.07 Å². The van der Waals surface area contributed by atoms with Crippen LogP contribution >= 0.6 is 0 Å². The zero-order chi connectivity index (χ0) is 12.3. The van der Waals surface area contributed by atoms with E-state index < -0.39 is 0 Å². The molecular weight excluding hydrogens is 224 g/mol. The number of aryl methyl sites for hydroxylation is 1. The Morgan fingerprint density at radius 3 is 3.06 bits per heavy atom. The van der Waals surface area contributed by atoms with Gasteiger partial charge in [-0.25, -0.2) is 5.43 Å². The highest BCUT2D eigenvalue weighted by atomic mass is 16.6. The number of nitrogens with one attached hydrogen (secondary N) is 2. The molecule has 1 saturated heterocycles. The molecule has 1 aromatic rings. The molecule has 1 aliphatic heterocycles. The van der Waals surface area contributed by atoms with E-state index in [0.29, 0.717) is 11.5 Å². The molecule has 1 atom stereocenters. The number of aromatic nitrogens is 1. The second kappa shape index (κ2) is 4.96. The van der Waals surface area contributed by atoms with Gasteiger partial charge in [-0.05, 0) is 13.3 Å².